The number of carboxylic acids is 1. The lowest BCUT2D eigenvalue weighted by Crippen LogP contribution is -2.46. The summed E-state index contributed by atoms with van der Waals surface area (Å²) in [6.45, 7) is 3.92. The SMILES string of the molecule is O=C(O)c1cc(CN2CCN(c3cc4ccccc4cn3)CC2)c2ccccn2c1=O. The number of benzene rings is 1. The maximum absolute atomic E-state index is 12.5. The van der Waals surface area contributed by atoms with Gasteiger partial charge in [-0.1, -0.05) is 30.3 Å². The molecule has 1 aliphatic heterocycles. The molecule has 7 nitrogen and oxygen atoms in total. The first kappa shape index (κ1) is 19.3. The van der Waals surface area contributed by atoms with Crippen LogP contribution in [-0.4, -0.2) is 51.5 Å². The van der Waals surface area contributed by atoms with Crippen LogP contribution in [0.3, 0.4) is 0 Å². The van der Waals surface area contributed by atoms with Crippen LogP contribution in [0.5, 0.6) is 0 Å². The molecular weight excluding hydrogens is 392 g/mol. The van der Waals surface area contributed by atoms with Gasteiger partial charge in [0.2, 0.25) is 0 Å². The summed E-state index contributed by atoms with van der Waals surface area (Å²) in [6.07, 6.45) is 3.54. The summed E-state index contributed by atoms with van der Waals surface area (Å²) < 4.78 is 1.42. The number of hydrogen-bond donors (Lipinski definition) is 1. The van der Waals surface area contributed by atoms with Gasteiger partial charge < -0.3 is 10.0 Å². The van der Waals surface area contributed by atoms with E-state index < -0.39 is 11.5 Å². The van der Waals surface area contributed by atoms with E-state index in [4.69, 9.17) is 0 Å². The molecule has 0 atom stereocenters. The highest BCUT2D eigenvalue weighted by atomic mass is 16.4. The second-order valence-corrected chi connectivity index (χ2v) is 7.80. The van der Waals surface area contributed by atoms with Crippen molar-refractivity contribution in [1.29, 1.82) is 0 Å². The van der Waals surface area contributed by atoms with E-state index in [0.29, 0.717) is 6.54 Å². The molecule has 0 amide bonds. The Morgan fingerprint density at radius 2 is 1.71 bits per heavy atom. The van der Waals surface area contributed by atoms with Crippen molar-refractivity contribution in [1.82, 2.24) is 14.3 Å². The average Bonchev–Trinajstić information content (AvgIpc) is 2.81. The fourth-order valence-electron chi connectivity index (χ4n) is 4.22. The van der Waals surface area contributed by atoms with Crippen molar-refractivity contribution in [3.63, 3.8) is 0 Å². The van der Waals surface area contributed by atoms with E-state index in [1.165, 1.54) is 15.9 Å². The normalized spacial score (nSPS) is 14.9. The lowest BCUT2D eigenvalue weighted by atomic mass is 10.1. The van der Waals surface area contributed by atoms with Crippen LogP contribution in [0.2, 0.25) is 0 Å². The Balaban J connectivity index is 1.36. The minimum Gasteiger partial charge on any atom is -0.477 e. The van der Waals surface area contributed by atoms with E-state index in [9.17, 15) is 14.7 Å². The standard InChI is InChI=1S/C24H22N4O3/c29-23-20(24(30)31)13-19(21-7-3-4-8-28(21)23)16-26-9-11-27(12-10-26)22-14-17-5-1-2-6-18(17)15-25-22/h1-8,13-15H,9-12,16H2,(H,30,31). The maximum atomic E-state index is 12.5. The molecule has 5 rings (SSSR count). The summed E-state index contributed by atoms with van der Waals surface area (Å²) in [5, 5.41) is 11.8. The van der Waals surface area contributed by atoms with Crippen molar-refractivity contribution in [2.75, 3.05) is 31.1 Å². The van der Waals surface area contributed by atoms with Crippen LogP contribution in [0.15, 0.2) is 71.8 Å². The van der Waals surface area contributed by atoms with Crippen molar-refractivity contribution >= 4 is 28.1 Å². The third kappa shape index (κ3) is 3.64. The number of carboxylic acid groups (broad SMARTS) is 1. The Morgan fingerprint density at radius 3 is 2.48 bits per heavy atom. The molecule has 0 unspecified atom stereocenters. The van der Waals surface area contributed by atoms with Gasteiger partial charge in [-0.25, -0.2) is 9.78 Å². The Morgan fingerprint density at radius 1 is 0.968 bits per heavy atom. The molecule has 1 fully saturated rings. The molecule has 1 aliphatic rings. The van der Waals surface area contributed by atoms with Crippen LogP contribution in [0.1, 0.15) is 15.9 Å². The summed E-state index contributed by atoms with van der Waals surface area (Å²) in [6, 6.07) is 17.3. The van der Waals surface area contributed by atoms with Crippen LogP contribution >= 0.6 is 0 Å². The second-order valence-electron chi connectivity index (χ2n) is 7.80. The molecule has 7 heteroatoms. The van der Waals surface area contributed by atoms with Gasteiger partial charge in [0, 0.05) is 50.5 Å². The predicted molar refractivity (Wildman–Crippen MR) is 120 cm³/mol. The number of anilines is 1. The van der Waals surface area contributed by atoms with Crippen molar-refractivity contribution in [2.45, 2.75) is 6.54 Å². The lowest BCUT2D eigenvalue weighted by Gasteiger charge is -2.35. The Hall–Kier alpha value is -3.71. The van der Waals surface area contributed by atoms with Crippen LogP contribution in [0.25, 0.3) is 16.3 Å². The topological polar surface area (TPSA) is 78.2 Å². The zero-order valence-corrected chi connectivity index (χ0v) is 16.9. The van der Waals surface area contributed by atoms with Crippen LogP contribution < -0.4 is 10.5 Å². The molecule has 0 bridgehead atoms. The molecular formula is C24H22N4O3. The first-order valence-corrected chi connectivity index (χ1v) is 10.3. The van der Waals surface area contributed by atoms with Gasteiger partial charge in [0.25, 0.3) is 5.56 Å². The van der Waals surface area contributed by atoms with E-state index in [1.54, 1.807) is 12.3 Å². The molecule has 0 radical (unpaired) electrons. The minimum atomic E-state index is -1.20. The van der Waals surface area contributed by atoms with Crippen LogP contribution in [0.4, 0.5) is 5.82 Å². The quantitative estimate of drug-likeness (QED) is 0.553. The van der Waals surface area contributed by atoms with Crippen molar-refractivity contribution < 1.29 is 9.90 Å². The summed E-state index contributed by atoms with van der Waals surface area (Å²) in [7, 11) is 0. The third-order valence-electron chi connectivity index (χ3n) is 5.89. The summed E-state index contributed by atoms with van der Waals surface area (Å²) >= 11 is 0. The van der Waals surface area contributed by atoms with Crippen LogP contribution in [-0.2, 0) is 6.54 Å². The van der Waals surface area contributed by atoms with E-state index in [0.717, 1.165) is 48.5 Å². The molecule has 31 heavy (non-hydrogen) atoms. The van der Waals surface area contributed by atoms with Crippen molar-refractivity contribution in [3.05, 3.63) is 88.5 Å². The highest BCUT2D eigenvalue weighted by Crippen LogP contribution is 2.21. The van der Waals surface area contributed by atoms with Crippen LogP contribution in [0, 0.1) is 0 Å². The van der Waals surface area contributed by atoms with Crippen molar-refractivity contribution in [3.8, 4) is 0 Å². The first-order chi connectivity index (χ1) is 15.1. The van der Waals surface area contributed by atoms with E-state index in [2.05, 4.69) is 33.0 Å². The highest BCUT2D eigenvalue weighted by molar-refractivity contribution is 5.88. The molecule has 4 heterocycles. The van der Waals surface area contributed by atoms with Gasteiger partial charge in [0.05, 0.1) is 5.52 Å². The number of hydrogen-bond acceptors (Lipinski definition) is 5. The molecule has 1 N–H and O–H groups in total. The van der Waals surface area contributed by atoms with Gasteiger partial charge in [0.1, 0.15) is 11.4 Å². The zero-order valence-electron chi connectivity index (χ0n) is 16.9. The van der Waals surface area contributed by atoms with Crippen molar-refractivity contribution in [2.24, 2.45) is 0 Å². The largest absolute Gasteiger partial charge is 0.477 e. The van der Waals surface area contributed by atoms with Gasteiger partial charge in [-0.05, 0) is 35.2 Å². The summed E-state index contributed by atoms with van der Waals surface area (Å²) in [5.74, 6) is -0.222. The maximum Gasteiger partial charge on any atom is 0.341 e. The minimum absolute atomic E-state index is 0.197. The Bertz CT molecular complexity index is 1340. The number of nitrogens with zero attached hydrogens (tertiary/aromatic N) is 4. The van der Waals surface area contributed by atoms with Gasteiger partial charge in [-0.3, -0.25) is 14.1 Å². The van der Waals surface area contributed by atoms with Gasteiger partial charge in [0.15, 0.2) is 0 Å². The number of pyridine rings is 3. The van der Waals surface area contributed by atoms with E-state index in [-0.39, 0.29) is 5.56 Å². The monoisotopic (exact) mass is 414 g/mol. The molecule has 156 valence electrons. The number of rotatable bonds is 4. The van der Waals surface area contributed by atoms with Gasteiger partial charge in [-0.2, -0.15) is 0 Å². The Labute approximate surface area is 178 Å². The number of aromatic nitrogens is 2. The van der Waals surface area contributed by atoms with Gasteiger partial charge in [-0.15, -0.1) is 0 Å². The van der Waals surface area contributed by atoms with E-state index in [1.807, 2.05) is 30.5 Å². The molecule has 0 saturated carbocycles. The summed E-state index contributed by atoms with van der Waals surface area (Å²) in [4.78, 5) is 33.2. The molecule has 1 aromatic carbocycles. The van der Waals surface area contributed by atoms with E-state index >= 15 is 0 Å². The van der Waals surface area contributed by atoms with Gasteiger partial charge >= 0.3 is 5.97 Å². The number of fused-ring (bicyclic) bond motifs is 2. The molecule has 4 aromatic rings. The lowest BCUT2D eigenvalue weighted by molar-refractivity contribution is 0.0694. The fraction of sp³-hybridized carbons (Fsp3) is 0.208. The second kappa shape index (κ2) is 7.85. The smallest absolute Gasteiger partial charge is 0.341 e. The molecule has 0 spiro atoms. The number of carbonyl (C=O) groups is 1. The molecule has 3 aromatic heterocycles. The first-order valence-electron chi connectivity index (χ1n) is 10.3. The molecule has 1 saturated heterocycles. The Kier molecular flexibility index (Phi) is 4.88. The molecule has 0 aliphatic carbocycles. The number of aromatic carboxylic acids is 1. The summed E-state index contributed by atoms with van der Waals surface area (Å²) in [5.41, 5.74) is 0.891. The highest BCUT2D eigenvalue weighted by Gasteiger charge is 2.21. The average molecular weight is 414 g/mol. The zero-order chi connectivity index (χ0) is 21.4. The third-order valence-corrected chi connectivity index (χ3v) is 5.89. The number of piperazine rings is 1. The predicted octanol–water partition coefficient (Wildman–Crippen LogP) is 2.87. The fourth-order valence-corrected chi connectivity index (χ4v) is 4.22.